The van der Waals surface area contributed by atoms with Crippen LogP contribution in [0, 0.1) is 13.8 Å². The van der Waals surface area contributed by atoms with E-state index in [1.807, 2.05) is 67.6 Å². The molecule has 32 heavy (non-hydrogen) atoms. The molecule has 0 aliphatic carbocycles. The quantitative estimate of drug-likeness (QED) is 0.512. The Morgan fingerprint density at radius 2 is 1.59 bits per heavy atom. The average molecular weight is 451 g/mol. The predicted molar refractivity (Wildman–Crippen MR) is 129 cm³/mol. The van der Waals surface area contributed by atoms with E-state index >= 15 is 0 Å². The van der Waals surface area contributed by atoms with Crippen molar-refractivity contribution in [3.63, 3.8) is 0 Å². The van der Waals surface area contributed by atoms with Crippen LogP contribution in [0.4, 0.5) is 5.69 Å². The van der Waals surface area contributed by atoms with Crippen molar-refractivity contribution in [1.29, 1.82) is 0 Å². The van der Waals surface area contributed by atoms with Crippen LogP contribution < -0.4 is 5.32 Å². The summed E-state index contributed by atoms with van der Waals surface area (Å²) in [5, 5.41) is 2.83. The van der Waals surface area contributed by atoms with Gasteiger partial charge >= 0.3 is 0 Å². The highest BCUT2D eigenvalue weighted by atomic mass is 32.2. The summed E-state index contributed by atoms with van der Waals surface area (Å²) >= 11 is 0. The van der Waals surface area contributed by atoms with E-state index in [2.05, 4.69) is 12.2 Å². The van der Waals surface area contributed by atoms with Crippen LogP contribution in [0.3, 0.4) is 0 Å². The molecule has 0 fully saturated rings. The van der Waals surface area contributed by atoms with Crippen molar-refractivity contribution in [2.75, 3.05) is 18.4 Å². The highest BCUT2D eigenvalue weighted by Gasteiger charge is 2.28. The number of nitrogens with zero attached hydrogens (tertiary/aromatic N) is 1. The van der Waals surface area contributed by atoms with E-state index in [4.69, 9.17) is 0 Å². The van der Waals surface area contributed by atoms with Gasteiger partial charge in [0.2, 0.25) is 15.9 Å². The molecule has 0 atom stereocenters. The normalized spacial score (nSPS) is 11.5. The number of hydrogen-bond donors (Lipinski definition) is 1. The van der Waals surface area contributed by atoms with Gasteiger partial charge in [-0.3, -0.25) is 4.79 Å². The lowest BCUT2D eigenvalue weighted by Crippen LogP contribution is -2.39. The molecule has 3 rings (SSSR count). The third-order valence-corrected chi connectivity index (χ3v) is 7.41. The van der Waals surface area contributed by atoms with Crippen LogP contribution in [0.15, 0.2) is 77.7 Å². The van der Waals surface area contributed by atoms with Crippen molar-refractivity contribution in [3.05, 3.63) is 95.1 Å². The predicted octanol–water partition coefficient (Wildman–Crippen LogP) is 4.74. The zero-order valence-electron chi connectivity index (χ0n) is 18.8. The fourth-order valence-corrected chi connectivity index (χ4v) is 5.20. The van der Waals surface area contributed by atoms with Crippen LogP contribution in [-0.4, -0.2) is 31.7 Å². The van der Waals surface area contributed by atoms with Crippen LogP contribution in [0.25, 0.3) is 0 Å². The molecule has 0 saturated heterocycles. The Labute approximate surface area is 191 Å². The minimum Gasteiger partial charge on any atom is -0.325 e. The minimum absolute atomic E-state index is 0.210. The maximum absolute atomic E-state index is 13.5. The molecule has 0 spiro atoms. The summed E-state index contributed by atoms with van der Waals surface area (Å²) in [5.41, 5.74) is 4.36. The van der Waals surface area contributed by atoms with Gasteiger partial charge in [-0.2, -0.15) is 4.31 Å². The third kappa shape index (κ3) is 6.05. The van der Waals surface area contributed by atoms with Crippen LogP contribution >= 0.6 is 0 Å². The number of hydrogen-bond acceptors (Lipinski definition) is 3. The lowest BCUT2D eigenvalue weighted by molar-refractivity contribution is -0.116. The zero-order valence-corrected chi connectivity index (χ0v) is 19.7. The molecule has 0 bridgehead atoms. The highest BCUT2D eigenvalue weighted by Crippen LogP contribution is 2.22. The Hall–Kier alpha value is -2.96. The molecule has 6 heteroatoms. The Kier molecular flexibility index (Phi) is 7.83. The number of rotatable bonds is 9. The summed E-state index contributed by atoms with van der Waals surface area (Å²) < 4.78 is 28.4. The number of sulfonamides is 1. The lowest BCUT2D eigenvalue weighted by atomic mass is 10.1. The third-order valence-electron chi connectivity index (χ3n) is 5.42. The summed E-state index contributed by atoms with van der Waals surface area (Å²) in [6, 6.07) is 22.6. The molecule has 0 saturated carbocycles. The van der Waals surface area contributed by atoms with Crippen molar-refractivity contribution < 1.29 is 13.2 Å². The summed E-state index contributed by atoms with van der Waals surface area (Å²) in [6.07, 6.45) is 1.43. The summed E-state index contributed by atoms with van der Waals surface area (Å²) in [7, 11) is -3.85. The van der Waals surface area contributed by atoms with E-state index in [1.54, 1.807) is 19.1 Å². The second kappa shape index (κ2) is 10.6. The zero-order chi connectivity index (χ0) is 23.1. The number of amides is 1. The Bertz CT molecular complexity index is 1160. The van der Waals surface area contributed by atoms with Crippen LogP contribution in [0.1, 0.15) is 29.2 Å². The fourth-order valence-electron chi connectivity index (χ4n) is 3.49. The molecule has 0 heterocycles. The van der Waals surface area contributed by atoms with Crippen LogP contribution in [0.2, 0.25) is 0 Å². The number of nitrogens with one attached hydrogen (secondary N) is 1. The molecule has 168 valence electrons. The second-order valence-corrected chi connectivity index (χ2v) is 9.85. The van der Waals surface area contributed by atoms with Gasteiger partial charge in [0.25, 0.3) is 0 Å². The van der Waals surface area contributed by atoms with Crippen LogP contribution in [0.5, 0.6) is 0 Å². The maximum Gasteiger partial charge on any atom is 0.243 e. The van der Waals surface area contributed by atoms with Gasteiger partial charge in [0.05, 0.1) is 11.4 Å². The van der Waals surface area contributed by atoms with Crippen molar-refractivity contribution >= 4 is 21.6 Å². The SMILES string of the molecule is CCc1ccc(NC(=O)CN(CCc2ccccc2)S(=O)(=O)c2cc(C)ccc2C)cc1. The van der Waals surface area contributed by atoms with Crippen molar-refractivity contribution in [1.82, 2.24) is 4.31 Å². The summed E-state index contributed by atoms with van der Waals surface area (Å²) in [4.78, 5) is 13.0. The maximum atomic E-state index is 13.5. The molecular weight excluding hydrogens is 420 g/mol. The lowest BCUT2D eigenvalue weighted by Gasteiger charge is -2.23. The van der Waals surface area contributed by atoms with Gasteiger partial charge in [-0.15, -0.1) is 0 Å². The topological polar surface area (TPSA) is 66.5 Å². The highest BCUT2D eigenvalue weighted by molar-refractivity contribution is 7.89. The first-order chi connectivity index (χ1) is 15.3. The Balaban J connectivity index is 1.83. The molecule has 1 N–H and O–H groups in total. The molecule has 5 nitrogen and oxygen atoms in total. The van der Waals surface area contributed by atoms with Crippen molar-refractivity contribution in [3.8, 4) is 0 Å². The van der Waals surface area contributed by atoms with Gasteiger partial charge in [0.1, 0.15) is 0 Å². The van der Waals surface area contributed by atoms with Gasteiger partial charge in [-0.25, -0.2) is 8.42 Å². The number of benzene rings is 3. The van der Waals surface area contributed by atoms with Gasteiger partial charge in [-0.05, 0) is 67.1 Å². The van der Waals surface area contributed by atoms with Crippen molar-refractivity contribution in [2.45, 2.75) is 38.5 Å². The molecule has 0 aliphatic rings. The number of aryl methyl sites for hydroxylation is 3. The first kappa shape index (κ1) is 23.7. The number of anilines is 1. The molecule has 0 unspecified atom stereocenters. The first-order valence-corrected chi connectivity index (χ1v) is 12.2. The van der Waals surface area contributed by atoms with E-state index in [0.29, 0.717) is 17.7 Å². The monoisotopic (exact) mass is 450 g/mol. The van der Waals surface area contributed by atoms with Gasteiger partial charge < -0.3 is 5.32 Å². The van der Waals surface area contributed by atoms with Crippen molar-refractivity contribution in [2.24, 2.45) is 0 Å². The Morgan fingerprint density at radius 3 is 2.25 bits per heavy atom. The largest absolute Gasteiger partial charge is 0.325 e. The molecule has 0 radical (unpaired) electrons. The second-order valence-electron chi connectivity index (χ2n) is 7.94. The first-order valence-electron chi connectivity index (χ1n) is 10.8. The smallest absolute Gasteiger partial charge is 0.243 e. The molecule has 0 aromatic heterocycles. The van der Waals surface area contributed by atoms with Gasteiger partial charge in [0.15, 0.2) is 0 Å². The minimum atomic E-state index is -3.85. The van der Waals surface area contributed by atoms with E-state index in [9.17, 15) is 13.2 Å². The summed E-state index contributed by atoms with van der Waals surface area (Å²) in [6.45, 7) is 5.66. The number of carbonyl (C=O) groups is 1. The van der Waals surface area contributed by atoms with E-state index in [-0.39, 0.29) is 23.9 Å². The summed E-state index contributed by atoms with van der Waals surface area (Å²) in [5.74, 6) is -0.365. The number of carbonyl (C=O) groups excluding carboxylic acids is 1. The molecular formula is C26H30N2O3S. The van der Waals surface area contributed by atoms with E-state index in [1.165, 1.54) is 9.87 Å². The molecule has 1 amide bonds. The molecule has 0 aliphatic heterocycles. The van der Waals surface area contributed by atoms with E-state index in [0.717, 1.165) is 17.5 Å². The Morgan fingerprint density at radius 1 is 0.906 bits per heavy atom. The van der Waals surface area contributed by atoms with Gasteiger partial charge in [-0.1, -0.05) is 61.5 Å². The van der Waals surface area contributed by atoms with Crippen LogP contribution in [-0.2, 0) is 27.7 Å². The van der Waals surface area contributed by atoms with Gasteiger partial charge in [0, 0.05) is 12.2 Å². The van der Waals surface area contributed by atoms with E-state index < -0.39 is 10.0 Å². The molecule has 3 aromatic carbocycles. The molecule has 3 aromatic rings. The standard InChI is InChI=1S/C26H30N2O3S/c1-4-22-12-14-24(15-13-22)27-26(29)19-28(17-16-23-8-6-5-7-9-23)32(30,31)25-18-20(2)10-11-21(25)3/h5-15,18H,4,16-17,19H2,1-3H3,(H,27,29). The fraction of sp³-hybridized carbons (Fsp3) is 0.269. The average Bonchev–Trinajstić information content (AvgIpc) is 2.79.